The number of likely N-dealkylation sites (tertiary alicyclic amines) is 2. The SMILES string of the molecule is CC1CCN(C(=O)N2CCCCC2C(N)=O)CC1. The third kappa shape index (κ3) is 2.76. The lowest BCUT2D eigenvalue weighted by Crippen LogP contribution is -2.55. The molecule has 0 aromatic heterocycles. The molecule has 2 rings (SSSR count). The van der Waals surface area contributed by atoms with Gasteiger partial charge in [0.25, 0.3) is 0 Å². The Morgan fingerprint density at radius 2 is 1.72 bits per heavy atom. The molecule has 2 aliphatic rings. The summed E-state index contributed by atoms with van der Waals surface area (Å²) in [5, 5.41) is 0. The lowest BCUT2D eigenvalue weighted by atomic mass is 9.99. The smallest absolute Gasteiger partial charge is 0.320 e. The molecule has 3 amide bonds. The fourth-order valence-corrected chi connectivity index (χ4v) is 2.84. The van der Waals surface area contributed by atoms with Gasteiger partial charge in [-0.25, -0.2) is 4.79 Å². The maximum atomic E-state index is 12.4. The molecule has 0 aliphatic carbocycles. The van der Waals surface area contributed by atoms with Crippen LogP contribution in [-0.2, 0) is 4.79 Å². The Kier molecular flexibility index (Phi) is 4.09. The Bertz CT molecular complexity index is 324. The van der Waals surface area contributed by atoms with Crippen molar-refractivity contribution < 1.29 is 9.59 Å². The van der Waals surface area contributed by atoms with Crippen molar-refractivity contribution >= 4 is 11.9 Å². The van der Waals surface area contributed by atoms with Crippen molar-refractivity contribution in [1.82, 2.24) is 9.80 Å². The van der Waals surface area contributed by atoms with Crippen LogP contribution in [-0.4, -0.2) is 47.4 Å². The third-order valence-corrected chi connectivity index (χ3v) is 4.13. The number of hydrogen-bond donors (Lipinski definition) is 1. The second kappa shape index (κ2) is 5.59. The number of amides is 3. The summed E-state index contributed by atoms with van der Waals surface area (Å²) < 4.78 is 0. The fourth-order valence-electron chi connectivity index (χ4n) is 2.84. The topological polar surface area (TPSA) is 66.6 Å². The second-order valence-electron chi connectivity index (χ2n) is 5.56. The van der Waals surface area contributed by atoms with Crippen molar-refractivity contribution in [1.29, 1.82) is 0 Å². The summed E-state index contributed by atoms with van der Waals surface area (Å²) in [7, 11) is 0. The average Bonchev–Trinajstić information content (AvgIpc) is 2.39. The quantitative estimate of drug-likeness (QED) is 0.762. The van der Waals surface area contributed by atoms with Gasteiger partial charge in [-0.15, -0.1) is 0 Å². The first-order valence-corrected chi connectivity index (χ1v) is 6.94. The largest absolute Gasteiger partial charge is 0.368 e. The number of nitrogens with zero attached hydrogens (tertiary/aromatic N) is 2. The van der Waals surface area contributed by atoms with Crippen molar-refractivity contribution in [3.63, 3.8) is 0 Å². The van der Waals surface area contributed by atoms with Crippen LogP contribution in [0.5, 0.6) is 0 Å². The minimum Gasteiger partial charge on any atom is -0.368 e. The van der Waals surface area contributed by atoms with Crippen molar-refractivity contribution in [2.45, 2.75) is 45.1 Å². The van der Waals surface area contributed by atoms with Crippen LogP contribution in [0.4, 0.5) is 4.79 Å². The van der Waals surface area contributed by atoms with E-state index in [2.05, 4.69) is 6.92 Å². The molecule has 5 heteroatoms. The van der Waals surface area contributed by atoms with Crippen LogP contribution in [0.3, 0.4) is 0 Å². The van der Waals surface area contributed by atoms with Gasteiger partial charge >= 0.3 is 6.03 Å². The maximum Gasteiger partial charge on any atom is 0.320 e. The Morgan fingerprint density at radius 1 is 1.06 bits per heavy atom. The van der Waals surface area contributed by atoms with Crippen LogP contribution >= 0.6 is 0 Å². The number of nitrogens with two attached hydrogens (primary N) is 1. The summed E-state index contributed by atoms with van der Waals surface area (Å²) in [5.41, 5.74) is 5.40. The number of rotatable bonds is 1. The highest BCUT2D eigenvalue weighted by Gasteiger charge is 2.34. The Hall–Kier alpha value is -1.26. The van der Waals surface area contributed by atoms with E-state index in [-0.39, 0.29) is 11.9 Å². The van der Waals surface area contributed by atoms with Gasteiger partial charge in [0.1, 0.15) is 6.04 Å². The highest BCUT2D eigenvalue weighted by molar-refractivity contribution is 5.86. The van der Waals surface area contributed by atoms with Crippen LogP contribution in [0, 0.1) is 5.92 Å². The number of piperidine rings is 2. The molecule has 0 aromatic rings. The molecule has 1 atom stereocenters. The van der Waals surface area contributed by atoms with E-state index in [0.29, 0.717) is 18.9 Å². The van der Waals surface area contributed by atoms with Gasteiger partial charge in [-0.2, -0.15) is 0 Å². The van der Waals surface area contributed by atoms with Crippen molar-refractivity contribution in [3.8, 4) is 0 Å². The molecule has 18 heavy (non-hydrogen) atoms. The van der Waals surface area contributed by atoms with E-state index in [1.165, 1.54) is 0 Å². The molecule has 0 bridgehead atoms. The summed E-state index contributed by atoms with van der Waals surface area (Å²) in [6.45, 7) is 4.50. The first-order valence-electron chi connectivity index (χ1n) is 6.94. The highest BCUT2D eigenvalue weighted by Crippen LogP contribution is 2.22. The van der Waals surface area contributed by atoms with E-state index in [4.69, 9.17) is 5.73 Å². The molecule has 2 N–H and O–H groups in total. The normalized spacial score (nSPS) is 26.2. The number of hydrogen-bond acceptors (Lipinski definition) is 2. The Labute approximate surface area is 108 Å². The van der Waals surface area contributed by atoms with Gasteiger partial charge in [0, 0.05) is 19.6 Å². The molecule has 0 aromatic carbocycles. The van der Waals surface area contributed by atoms with Crippen molar-refractivity contribution in [2.75, 3.05) is 19.6 Å². The summed E-state index contributed by atoms with van der Waals surface area (Å²) in [6, 6.07) is -0.393. The molecule has 2 heterocycles. The maximum absolute atomic E-state index is 12.4. The lowest BCUT2D eigenvalue weighted by molar-refractivity contribution is -0.123. The molecule has 102 valence electrons. The zero-order chi connectivity index (χ0) is 13.1. The number of urea groups is 1. The zero-order valence-electron chi connectivity index (χ0n) is 11.1. The molecule has 1 unspecified atom stereocenters. The van der Waals surface area contributed by atoms with Gasteiger partial charge < -0.3 is 15.5 Å². The first kappa shape index (κ1) is 13.2. The molecule has 2 fully saturated rings. The van der Waals surface area contributed by atoms with Gasteiger partial charge in [0.2, 0.25) is 5.91 Å². The third-order valence-electron chi connectivity index (χ3n) is 4.13. The fraction of sp³-hybridized carbons (Fsp3) is 0.846. The predicted octanol–water partition coefficient (Wildman–Crippen LogP) is 1.18. The van der Waals surface area contributed by atoms with Crippen LogP contribution in [0.15, 0.2) is 0 Å². The first-order chi connectivity index (χ1) is 8.59. The summed E-state index contributed by atoms with van der Waals surface area (Å²) >= 11 is 0. The van der Waals surface area contributed by atoms with E-state index in [9.17, 15) is 9.59 Å². The molecule has 0 saturated carbocycles. The van der Waals surface area contributed by atoms with Crippen LogP contribution in [0.2, 0.25) is 0 Å². The van der Waals surface area contributed by atoms with Gasteiger partial charge in [-0.1, -0.05) is 6.92 Å². The van der Waals surface area contributed by atoms with Crippen LogP contribution in [0.25, 0.3) is 0 Å². The van der Waals surface area contributed by atoms with E-state index in [1.807, 2.05) is 4.90 Å². The number of carbonyl (C=O) groups is 2. The van der Waals surface area contributed by atoms with Crippen LogP contribution < -0.4 is 5.73 Å². The molecule has 5 nitrogen and oxygen atoms in total. The number of carbonyl (C=O) groups excluding carboxylic acids is 2. The number of primary amides is 1. The van der Waals surface area contributed by atoms with Gasteiger partial charge in [0.15, 0.2) is 0 Å². The second-order valence-corrected chi connectivity index (χ2v) is 5.56. The molecule has 0 spiro atoms. The van der Waals surface area contributed by atoms with Gasteiger partial charge in [-0.3, -0.25) is 4.79 Å². The summed E-state index contributed by atoms with van der Waals surface area (Å²) in [4.78, 5) is 27.4. The van der Waals surface area contributed by atoms with Gasteiger partial charge in [0.05, 0.1) is 0 Å². The van der Waals surface area contributed by atoms with E-state index in [1.54, 1.807) is 4.90 Å². The molecule has 2 aliphatic heterocycles. The zero-order valence-corrected chi connectivity index (χ0v) is 11.1. The van der Waals surface area contributed by atoms with E-state index >= 15 is 0 Å². The Balaban J connectivity index is 2.00. The molecule has 0 radical (unpaired) electrons. The average molecular weight is 253 g/mol. The van der Waals surface area contributed by atoms with Crippen molar-refractivity contribution in [3.05, 3.63) is 0 Å². The summed E-state index contributed by atoms with van der Waals surface area (Å²) in [6.07, 6.45) is 4.78. The van der Waals surface area contributed by atoms with Crippen molar-refractivity contribution in [2.24, 2.45) is 11.7 Å². The Morgan fingerprint density at radius 3 is 2.33 bits per heavy atom. The highest BCUT2D eigenvalue weighted by atomic mass is 16.2. The van der Waals surface area contributed by atoms with Crippen LogP contribution in [0.1, 0.15) is 39.0 Å². The van der Waals surface area contributed by atoms with Gasteiger partial charge in [-0.05, 0) is 38.0 Å². The minimum absolute atomic E-state index is 0.00500. The molecule has 2 saturated heterocycles. The molecular formula is C13H23N3O2. The minimum atomic E-state index is -0.398. The monoisotopic (exact) mass is 253 g/mol. The standard InChI is InChI=1S/C13H23N3O2/c1-10-5-8-15(9-6-10)13(18)16-7-3-2-4-11(16)12(14)17/h10-11H,2-9H2,1H3,(H2,14,17). The summed E-state index contributed by atoms with van der Waals surface area (Å²) in [5.74, 6) is 0.329. The predicted molar refractivity (Wildman–Crippen MR) is 68.9 cm³/mol. The van der Waals surface area contributed by atoms with E-state index in [0.717, 1.165) is 38.8 Å². The lowest BCUT2D eigenvalue weighted by Gasteiger charge is -2.39. The van der Waals surface area contributed by atoms with E-state index < -0.39 is 6.04 Å². The molecular weight excluding hydrogens is 230 g/mol.